The highest BCUT2D eigenvalue weighted by Crippen LogP contribution is 2.24. The van der Waals surface area contributed by atoms with Crippen molar-refractivity contribution in [3.05, 3.63) is 11.1 Å². The van der Waals surface area contributed by atoms with E-state index in [9.17, 15) is 4.79 Å². The van der Waals surface area contributed by atoms with Crippen molar-refractivity contribution in [1.29, 1.82) is 0 Å². The van der Waals surface area contributed by atoms with Gasteiger partial charge in [-0.15, -0.1) is 0 Å². The highest BCUT2D eigenvalue weighted by molar-refractivity contribution is 7.98. The summed E-state index contributed by atoms with van der Waals surface area (Å²) in [7, 11) is 3.39. The van der Waals surface area contributed by atoms with E-state index in [-0.39, 0.29) is 5.97 Å². The van der Waals surface area contributed by atoms with Crippen LogP contribution in [0.3, 0.4) is 0 Å². The van der Waals surface area contributed by atoms with Gasteiger partial charge < -0.3 is 9.64 Å². The molecule has 0 aromatic carbocycles. The summed E-state index contributed by atoms with van der Waals surface area (Å²) in [4.78, 5) is 18.2. The van der Waals surface area contributed by atoms with E-state index in [0.29, 0.717) is 10.9 Å². The van der Waals surface area contributed by atoms with E-state index in [2.05, 4.69) is 27.8 Å². The molecule has 1 atom stereocenters. The third-order valence-electron chi connectivity index (χ3n) is 2.58. The van der Waals surface area contributed by atoms with Crippen LogP contribution in [0.4, 0.5) is 5.13 Å². The Morgan fingerprint density at radius 2 is 2.41 bits per heavy atom. The van der Waals surface area contributed by atoms with Crippen molar-refractivity contribution in [3.63, 3.8) is 0 Å². The molecule has 1 heterocycles. The molecule has 0 amide bonds. The Balaban J connectivity index is 2.65. The molecule has 0 aliphatic rings. The molecule has 0 aliphatic heterocycles. The molecule has 0 aliphatic carbocycles. The lowest BCUT2D eigenvalue weighted by Gasteiger charge is -2.23. The molecule has 1 aromatic heterocycles. The normalized spacial score (nSPS) is 12.2. The first-order valence-corrected chi connectivity index (χ1v) is 7.57. The predicted molar refractivity (Wildman–Crippen MR) is 74.3 cm³/mol. The third kappa shape index (κ3) is 3.89. The first-order valence-electron chi connectivity index (χ1n) is 5.36. The maximum absolute atomic E-state index is 11.3. The maximum Gasteiger partial charge on any atom is 0.349 e. The van der Waals surface area contributed by atoms with E-state index < -0.39 is 0 Å². The van der Waals surface area contributed by atoms with E-state index in [1.807, 2.05) is 18.8 Å². The molecular weight excluding hydrogens is 256 g/mol. The van der Waals surface area contributed by atoms with E-state index in [1.54, 1.807) is 6.20 Å². The number of methoxy groups -OCH3 is 1. The number of rotatable bonds is 6. The zero-order valence-corrected chi connectivity index (χ0v) is 12.2. The Kier molecular flexibility index (Phi) is 5.77. The number of thioether (sulfide) groups is 1. The first kappa shape index (κ1) is 14.3. The van der Waals surface area contributed by atoms with Crippen molar-refractivity contribution in [2.45, 2.75) is 19.4 Å². The summed E-state index contributed by atoms with van der Waals surface area (Å²) >= 11 is 3.21. The van der Waals surface area contributed by atoms with Gasteiger partial charge in [0.05, 0.1) is 13.3 Å². The molecule has 0 N–H and O–H groups in total. The van der Waals surface area contributed by atoms with Gasteiger partial charge in [0.25, 0.3) is 0 Å². The summed E-state index contributed by atoms with van der Waals surface area (Å²) in [6, 6.07) is 0.416. The van der Waals surface area contributed by atoms with Gasteiger partial charge in [0.1, 0.15) is 4.88 Å². The van der Waals surface area contributed by atoms with Gasteiger partial charge in [0, 0.05) is 13.1 Å². The van der Waals surface area contributed by atoms with E-state index in [0.717, 1.165) is 17.3 Å². The number of aromatic nitrogens is 1. The smallest absolute Gasteiger partial charge is 0.349 e. The summed E-state index contributed by atoms with van der Waals surface area (Å²) in [6.45, 7) is 2.16. The van der Waals surface area contributed by atoms with Crippen molar-refractivity contribution in [3.8, 4) is 0 Å². The fourth-order valence-corrected chi connectivity index (χ4v) is 2.77. The lowest BCUT2D eigenvalue weighted by atomic mass is 10.2. The van der Waals surface area contributed by atoms with Crippen molar-refractivity contribution >= 4 is 34.2 Å². The monoisotopic (exact) mass is 274 g/mol. The SMILES string of the molecule is COC(=O)c1cnc(N(C)C(C)CCSC)s1. The van der Waals surface area contributed by atoms with Gasteiger partial charge in [-0.1, -0.05) is 11.3 Å². The molecule has 1 unspecified atom stereocenters. The molecular formula is C11H18N2O2S2. The summed E-state index contributed by atoms with van der Waals surface area (Å²) in [6.07, 6.45) is 4.78. The van der Waals surface area contributed by atoms with Crippen LogP contribution in [0.1, 0.15) is 23.0 Å². The fourth-order valence-electron chi connectivity index (χ4n) is 1.29. The minimum atomic E-state index is -0.320. The molecule has 0 saturated carbocycles. The quantitative estimate of drug-likeness (QED) is 0.746. The fraction of sp³-hybridized carbons (Fsp3) is 0.636. The van der Waals surface area contributed by atoms with Gasteiger partial charge in [-0.2, -0.15) is 11.8 Å². The van der Waals surface area contributed by atoms with Crippen molar-refractivity contribution in [1.82, 2.24) is 4.98 Å². The Labute approximate surface area is 110 Å². The topological polar surface area (TPSA) is 42.4 Å². The van der Waals surface area contributed by atoms with Crippen LogP contribution in [0, 0.1) is 0 Å². The largest absolute Gasteiger partial charge is 0.465 e. The average molecular weight is 274 g/mol. The Morgan fingerprint density at radius 3 is 3.00 bits per heavy atom. The van der Waals surface area contributed by atoms with Crippen LogP contribution in [0.5, 0.6) is 0 Å². The van der Waals surface area contributed by atoms with Crippen molar-refractivity contribution in [2.24, 2.45) is 0 Å². The highest BCUT2D eigenvalue weighted by Gasteiger charge is 2.16. The third-order valence-corrected chi connectivity index (χ3v) is 4.29. The van der Waals surface area contributed by atoms with Crippen LogP contribution in [0.25, 0.3) is 0 Å². The molecule has 0 fully saturated rings. The van der Waals surface area contributed by atoms with Crippen LogP contribution in [-0.2, 0) is 4.74 Å². The number of carbonyl (C=O) groups excluding carboxylic acids is 1. The molecule has 1 rings (SSSR count). The van der Waals surface area contributed by atoms with Gasteiger partial charge in [-0.3, -0.25) is 0 Å². The molecule has 0 saturated heterocycles. The van der Waals surface area contributed by atoms with Gasteiger partial charge in [-0.05, 0) is 25.4 Å². The van der Waals surface area contributed by atoms with Gasteiger partial charge in [0.15, 0.2) is 5.13 Å². The van der Waals surface area contributed by atoms with Gasteiger partial charge >= 0.3 is 5.97 Å². The molecule has 6 heteroatoms. The summed E-state index contributed by atoms with van der Waals surface area (Å²) < 4.78 is 4.66. The lowest BCUT2D eigenvalue weighted by molar-refractivity contribution is 0.0606. The highest BCUT2D eigenvalue weighted by atomic mass is 32.2. The zero-order valence-electron chi connectivity index (χ0n) is 10.6. The number of carbonyl (C=O) groups is 1. The first-order chi connectivity index (χ1) is 8.10. The second-order valence-corrected chi connectivity index (χ2v) is 5.73. The molecule has 1 aromatic rings. The van der Waals surface area contributed by atoms with Crippen molar-refractivity contribution < 1.29 is 9.53 Å². The van der Waals surface area contributed by atoms with E-state index >= 15 is 0 Å². The Bertz CT molecular complexity index is 368. The number of ether oxygens (including phenoxy) is 1. The molecule has 0 radical (unpaired) electrons. The molecule has 0 bridgehead atoms. The standard InChI is InChI=1S/C11H18N2O2S2/c1-8(5-6-16-4)13(2)11-12-7-9(17-11)10(14)15-3/h7-8H,5-6H2,1-4H3. The van der Waals surface area contributed by atoms with Gasteiger partial charge in [0.2, 0.25) is 0 Å². The second-order valence-electron chi connectivity index (χ2n) is 3.74. The minimum absolute atomic E-state index is 0.320. The lowest BCUT2D eigenvalue weighted by Crippen LogP contribution is -2.29. The summed E-state index contributed by atoms with van der Waals surface area (Å²) in [5.41, 5.74) is 0. The predicted octanol–water partition coefficient (Wildman–Crippen LogP) is 2.51. The summed E-state index contributed by atoms with van der Waals surface area (Å²) in [5, 5.41) is 0.860. The Morgan fingerprint density at radius 1 is 1.71 bits per heavy atom. The van der Waals surface area contributed by atoms with Gasteiger partial charge in [-0.25, -0.2) is 9.78 Å². The number of thiazole rings is 1. The van der Waals surface area contributed by atoms with E-state index in [4.69, 9.17) is 0 Å². The van der Waals surface area contributed by atoms with Crippen LogP contribution in [0.15, 0.2) is 6.20 Å². The number of hydrogen-bond donors (Lipinski definition) is 0. The van der Waals surface area contributed by atoms with Crippen LogP contribution < -0.4 is 4.90 Å². The molecule has 96 valence electrons. The zero-order chi connectivity index (χ0) is 12.8. The molecule has 4 nitrogen and oxygen atoms in total. The maximum atomic E-state index is 11.3. The second kappa shape index (κ2) is 6.86. The number of hydrogen-bond acceptors (Lipinski definition) is 6. The van der Waals surface area contributed by atoms with Crippen molar-refractivity contribution in [2.75, 3.05) is 31.1 Å². The molecule has 17 heavy (non-hydrogen) atoms. The van der Waals surface area contributed by atoms with Crippen LogP contribution in [0.2, 0.25) is 0 Å². The number of esters is 1. The molecule has 0 spiro atoms. The average Bonchev–Trinajstić information content (AvgIpc) is 2.83. The van der Waals surface area contributed by atoms with Crippen LogP contribution >= 0.6 is 23.1 Å². The summed E-state index contributed by atoms with van der Waals surface area (Å²) in [5.74, 6) is 0.805. The van der Waals surface area contributed by atoms with E-state index in [1.165, 1.54) is 18.4 Å². The van der Waals surface area contributed by atoms with Crippen LogP contribution in [-0.4, -0.2) is 43.2 Å². The Hall–Kier alpha value is -0.750. The minimum Gasteiger partial charge on any atom is -0.465 e. The number of nitrogens with zero attached hydrogens (tertiary/aromatic N) is 2. The number of anilines is 1.